The van der Waals surface area contributed by atoms with Gasteiger partial charge in [0.05, 0.1) is 6.54 Å². The van der Waals surface area contributed by atoms with Crippen molar-refractivity contribution >= 4 is 29.3 Å². The number of carbonyl (C=O) groups is 2. The summed E-state index contributed by atoms with van der Waals surface area (Å²) >= 11 is 6.08. The van der Waals surface area contributed by atoms with Crippen molar-refractivity contribution in [1.82, 2.24) is 4.90 Å². The van der Waals surface area contributed by atoms with E-state index in [4.69, 9.17) is 16.3 Å². The molecule has 2 aromatic carbocycles. The van der Waals surface area contributed by atoms with Gasteiger partial charge in [-0.25, -0.2) is 4.79 Å². The van der Waals surface area contributed by atoms with E-state index in [9.17, 15) is 9.59 Å². The molecule has 2 fully saturated rings. The second kappa shape index (κ2) is 8.46. The van der Waals surface area contributed by atoms with Gasteiger partial charge in [0.25, 0.3) is 0 Å². The normalized spacial score (nSPS) is 21.9. The molecule has 2 saturated heterocycles. The zero-order valence-corrected chi connectivity index (χ0v) is 17.1. The highest BCUT2D eigenvalue weighted by atomic mass is 35.5. The molecule has 0 unspecified atom stereocenters. The number of carbonyl (C=O) groups excluding carboxylic acids is 2. The Bertz CT molecular complexity index is 889. The van der Waals surface area contributed by atoms with Crippen molar-refractivity contribution in [2.24, 2.45) is 0 Å². The largest absolute Gasteiger partial charge is 0.441 e. The van der Waals surface area contributed by atoms with Gasteiger partial charge in [0.2, 0.25) is 5.91 Å². The molecule has 5 nitrogen and oxygen atoms in total. The summed E-state index contributed by atoms with van der Waals surface area (Å²) in [5.41, 5.74) is 1.39. The zero-order chi connectivity index (χ0) is 20.3. The predicted molar refractivity (Wildman–Crippen MR) is 113 cm³/mol. The Balaban J connectivity index is 1.37. The van der Waals surface area contributed by atoms with Gasteiger partial charge in [-0.3, -0.25) is 9.69 Å². The number of likely N-dealkylation sites (tertiary alicyclic amines) is 1. The molecule has 0 radical (unpaired) electrons. The Labute approximate surface area is 176 Å². The first kappa shape index (κ1) is 19.8. The lowest BCUT2D eigenvalue weighted by atomic mass is 9.95. The second-order valence-corrected chi connectivity index (χ2v) is 8.27. The summed E-state index contributed by atoms with van der Waals surface area (Å²) < 4.78 is 5.84. The lowest BCUT2D eigenvalue weighted by Crippen LogP contribution is -2.37. The predicted octanol–water partition coefficient (Wildman–Crippen LogP) is 4.68. The Kier molecular flexibility index (Phi) is 5.76. The maximum atomic E-state index is 12.7. The number of amides is 2. The number of rotatable bonds is 4. The van der Waals surface area contributed by atoms with Gasteiger partial charge in [0, 0.05) is 36.6 Å². The van der Waals surface area contributed by atoms with E-state index < -0.39 is 5.60 Å². The number of anilines is 1. The lowest BCUT2D eigenvalue weighted by molar-refractivity contribution is -0.131. The van der Waals surface area contributed by atoms with Gasteiger partial charge in [-0.1, -0.05) is 48.0 Å². The Morgan fingerprint density at radius 3 is 2.69 bits per heavy atom. The Morgan fingerprint density at radius 1 is 1.07 bits per heavy atom. The highest BCUT2D eigenvalue weighted by Gasteiger charge is 2.46. The van der Waals surface area contributed by atoms with Gasteiger partial charge < -0.3 is 9.64 Å². The van der Waals surface area contributed by atoms with Crippen LogP contribution < -0.4 is 4.90 Å². The molecule has 4 rings (SSSR count). The third-order valence-electron chi connectivity index (χ3n) is 5.81. The van der Waals surface area contributed by atoms with Gasteiger partial charge in [-0.2, -0.15) is 0 Å². The third-order valence-corrected chi connectivity index (χ3v) is 6.05. The molecule has 1 spiro atoms. The summed E-state index contributed by atoms with van der Waals surface area (Å²) in [7, 11) is 0. The molecule has 0 aliphatic carbocycles. The van der Waals surface area contributed by atoms with Crippen LogP contribution in [0.25, 0.3) is 0 Å². The summed E-state index contributed by atoms with van der Waals surface area (Å²) in [6.45, 7) is 1.83. The summed E-state index contributed by atoms with van der Waals surface area (Å²) in [6.07, 6.45) is 3.17. The van der Waals surface area contributed by atoms with Crippen molar-refractivity contribution in [3.63, 3.8) is 0 Å². The highest BCUT2D eigenvalue weighted by molar-refractivity contribution is 6.30. The van der Waals surface area contributed by atoms with Crippen LogP contribution in [0.5, 0.6) is 0 Å². The zero-order valence-electron chi connectivity index (χ0n) is 16.4. The monoisotopic (exact) mass is 412 g/mol. The van der Waals surface area contributed by atoms with Crippen LogP contribution in [-0.2, 0) is 16.0 Å². The van der Waals surface area contributed by atoms with Crippen molar-refractivity contribution in [2.75, 3.05) is 24.5 Å². The van der Waals surface area contributed by atoms with Crippen LogP contribution in [0.3, 0.4) is 0 Å². The van der Waals surface area contributed by atoms with Crippen LogP contribution in [0, 0.1) is 0 Å². The number of hydrogen-bond acceptors (Lipinski definition) is 3. The van der Waals surface area contributed by atoms with Crippen molar-refractivity contribution in [3.8, 4) is 0 Å². The molecule has 2 aliphatic rings. The van der Waals surface area contributed by atoms with E-state index in [1.54, 1.807) is 17.0 Å². The van der Waals surface area contributed by atoms with E-state index in [0.29, 0.717) is 37.5 Å². The number of hydrogen-bond donors (Lipinski definition) is 0. The molecule has 2 aliphatic heterocycles. The van der Waals surface area contributed by atoms with Crippen LogP contribution in [0.2, 0.25) is 5.02 Å². The molecule has 2 heterocycles. The first-order valence-electron chi connectivity index (χ1n) is 10.1. The van der Waals surface area contributed by atoms with E-state index in [0.717, 1.165) is 24.9 Å². The summed E-state index contributed by atoms with van der Waals surface area (Å²) in [4.78, 5) is 28.8. The van der Waals surface area contributed by atoms with Crippen LogP contribution in [0.4, 0.5) is 10.5 Å². The smallest absolute Gasteiger partial charge is 0.415 e. The number of nitrogens with zero attached hydrogens (tertiary/aromatic N) is 2. The number of aryl methyl sites for hydroxylation is 1. The SMILES string of the molecule is O=C(CCc1ccccc1)N1CCC[C@]2(CC1)CN(c1cccc(Cl)c1)C(=O)O2. The van der Waals surface area contributed by atoms with E-state index in [-0.39, 0.29) is 12.0 Å². The van der Waals surface area contributed by atoms with Crippen LogP contribution in [0.15, 0.2) is 54.6 Å². The van der Waals surface area contributed by atoms with Gasteiger partial charge in [0.15, 0.2) is 0 Å². The molecule has 2 amide bonds. The number of ether oxygens (including phenoxy) is 1. The first-order valence-corrected chi connectivity index (χ1v) is 10.5. The number of halogens is 1. The minimum atomic E-state index is -0.534. The minimum Gasteiger partial charge on any atom is -0.441 e. The van der Waals surface area contributed by atoms with E-state index >= 15 is 0 Å². The van der Waals surface area contributed by atoms with Crippen molar-refractivity contribution in [3.05, 3.63) is 65.2 Å². The molecule has 0 aromatic heterocycles. The summed E-state index contributed by atoms with van der Waals surface area (Å²) in [6, 6.07) is 17.3. The number of benzene rings is 2. The molecule has 0 saturated carbocycles. The van der Waals surface area contributed by atoms with Crippen molar-refractivity contribution < 1.29 is 14.3 Å². The van der Waals surface area contributed by atoms with Crippen LogP contribution >= 0.6 is 11.6 Å². The second-order valence-electron chi connectivity index (χ2n) is 7.84. The molecular weight excluding hydrogens is 388 g/mol. The first-order chi connectivity index (χ1) is 14.0. The van der Waals surface area contributed by atoms with E-state index in [1.165, 1.54) is 5.56 Å². The highest BCUT2D eigenvalue weighted by Crippen LogP contribution is 2.36. The quantitative estimate of drug-likeness (QED) is 0.732. The van der Waals surface area contributed by atoms with Gasteiger partial charge in [-0.15, -0.1) is 0 Å². The molecule has 29 heavy (non-hydrogen) atoms. The average Bonchev–Trinajstić information content (AvgIpc) is 2.91. The molecular formula is C23H25ClN2O3. The minimum absolute atomic E-state index is 0.168. The fourth-order valence-electron chi connectivity index (χ4n) is 4.20. The Morgan fingerprint density at radius 2 is 1.90 bits per heavy atom. The third kappa shape index (κ3) is 4.56. The van der Waals surface area contributed by atoms with Crippen molar-refractivity contribution in [2.45, 2.75) is 37.7 Å². The van der Waals surface area contributed by atoms with E-state index in [2.05, 4.69) is 0 Å². The molecule has 0 bridgehead atoms. The van der Waals surface area contributed by atoms with Gasteiger partial charge >= 0.3 is 6.09 Å². The fourth-order valence-corrected chi connectivity index (χ4v) is 4.38. The van der Waals surface area contributed by atoms with Crippen LogP contribution in [0.1, 0.15) is 31.2 Å². The van der Waals surface area contributed by atoms with E-state index in [1.807, 2.05) is 47.4 Å². The Hall–Kier alpha value is -2.53. The molecule has 6 heteroatoms. The van der Waals surface area contributed by atoms with Gasteiger partial charge in [0.1, 0.15) is 5.60 Å². The van der Waals surface area contributed by atoms with Gasteiger partial charge in [-0.05, 0) is 43.0 Å². The standard InChI is InChI=1S/C23H25ClN2O3/c24-19-8-4-9-20(16-19)26-17-23(29-22(26)28)12-5-14-25(15-13-23)21(27)11-10-18-6-2-1-3-7-18/h1-4,6-9,16H,5,10-15,17H2/t23-/m0/s1. The average molecular weight is 413 g/mol. The maximum Gasteiger partial charge on any atom is 0.415 e. The molecule has 152 valence electrons. The topological polar surface area (TPSA) is 49.9 Å². The fraction of sp³-hybridized carbons (Fsp3) is 0.391. The summed E-state index contributed by atoms with van der Waals surface area (Å²) in [5, 5.41) is 0.590. The summed E-state index contributed by atoms with van der Waals surface area (Å²) in [5.74, 6) is 0.168. The maximum absolute atomic E-state index is 12.7. The van der Waals surface area contributed by atoms with Crippen LogP contribution in [-0.4, -0.2) is 42.1 Å². The molecule has 2 aromatic rings. The lowest BCUT2D eigenvalue weighted by Gasteiger charge is -2.25. The molecule has 1 atom stereocenters. The van der Waals surface area contributed by atoms with Crippen molar-refractivity contribution in [1.29, 1.82) is 0 Å². The molecule has 0 N–H and O–H groups in total.